The number of aliphatic carboxylic acids is 2. The molecule has 0 radical (unpaired) electrons. The van der Waals surface area contributed by atoms with E-state index in [1.54, 1.807) is 68.0 Å². The first-order valence-corrected chi connectivity index (χ1v) is 33.5. The third-order valence-corrected chi connectivity index (χ3v) is 18.4. The van der Waals surface area contributed by atoms with Crippen molar-refractivity contribution in [3.8, 4) is 5.75 Å². The van der Waals surface area contributed by atoms with Crippen LogP contribution in [0.5, 0.6) is 5.75 Å². The second kappa shape index (κ2) is 39.9. The lowest BCUT2D eigenvalue weighted by atomic mass is 9.83. The summed E-state index contributed by atoms with van der Waals surface area (Å²) < 4.78 is 29.2. The number of Topliss-reactive ketones (excluding diaryl/α,β-unsaturated/α-hetero) is 1. The molecule has 2 aromatic rings. The van der Waals surface area contributed by atoms with E-state index in [1.807, 2.05) is 54.5 Å². The Bertz CT molecular complexity index is 3030. The summed E-state index contributed by atoms with van der Waals surface area (Å²) in [5.74, 6) is -8.23. The van der Waals surface area contributed by atoms with Gasteiger partial charge >= 0.3 is 18.0 Å². The Balaban J connectivity index is 1.50. The molecule has 0 bridgehead atoms. The van der Waals surface area contributed by atoms with Crippen molar-refractivity contribution in [2.75, 3.05) is 54.6 Å². The average molecular weight is 1370 g/mol. The van der Waals surface area contributed by atoms with E-state index in [-0.39, 0.29) is 85.1 Å². The summed E-state index contributed by atoms with van der Waals surface area (Å²) in [6, 6.07) is 8.30. The lowest BCUT2D eigenvalue weighted by molar-refractivity contribution is -0.271. The number of amides is 5. The molecular formula is C71H108N6O20. The van der Waals surface area contributed by atoms with Gasteiger partial charge in [0, 0.05) is 53.6 Å². The number of oxime groups is 1. The van der Waals surface area contributed by atoms with Gasteiger partial charge in [-0.15, -0.1) is 0 Å². The average Bonchev–Trinajstić information content (AvgIpc) is 1.48. The zero-order chi connectivity index (χ0) is 72.5. The maximum atomic E-state index is 15.0. The van der Waals surface area contributed by atoms with E-state index in [9.17, 15) is 63.9 Å². The van der Waals surface area contributed by atoms with Gasteiger partial charge in [0.25, 0.3) is 5.91 Å². The summed E-state index contributed by atoms with van der Waals surface area (Å²) in [6.45, 7) is 19.8. The molecule has 26 nitrogen and oxygen atoms in total. The topological polar surface area (TPSA) is 359 Å². The third kappa shape index (κ3) is 23.7. The van der Waals surface area contributed by atoms with Crippen LogP contribution >= 0.6 is 0 Å². The quantitative estimate of drug-likeness (QED) is 0.0155. The third-order valence-electron chi connectivity index (χ3n) is 18.4. The van der Waals surface area contributed by atoms with Gasteiger partial charge in [0.1, 0.15) is 43.3 Å². The number of aliphatic hydroxyl groups is 4. The molecule has 0 aromatic heterocycles. The van der Waals surface area contributed by atoms with Gasteiger partial charge in [0.15, 0.2) is 11.9 Å². The van der Waals surface area contributed by atoms with E-state index in [1.165, 1.54) is 45.9 Å². The van der Waals surface area contributed by atoms with Crippen LogP contribution in [0, 0.1) is 36.5 Å². The first-order valence-electron chi connectivity index (χ1n) is 33.5. The van der Waals surface area contributed by atoms with Crippen molar-refractivity contribution in [1.82, 2.24) is 25.3 Å². The molecule has 26 heteroatoms. The minimum Gasteiger partial charge on any atom is -0.480 e. The first-order chi connectivity index (χ1) is 45.8. The number of likely N-dealkylation sites (N-methyl/N-ethyl adjacent to an activating group) is 2. The molecule has 2 fully saturated rings. The number of carbonyl (C=O) groups is 8. The fourth-order valence-electron chi connectivity index (χ4n) is 12.6. The standard InChI is InChI=1S/C71H108N6O20/c1-16-44(8)58(55(92-14)38-56(80)77-31-21-26-53(77)63(93-15)47(11)65(84)73-52(68(87)88)36-48-24-18-17-19-25-48)75(12)67(86)50(40(2)3)37-54(79)57(41(4)5)76(13)71(91)94-39-49-34-45(9)62(96-70-61(83)59(81)60(82)64(97-70)69(89)90)51(35-49)66(85)72-30-33-95-74-46(10)28-27-42(6)22-20-23-43(7)29-32-78/h17-19,22,24-25,29,34-35,40-41,44,47,50,52-53,55,57-61,63-64,70,78,81-83H,16,20-21,23,26-28,30-33,36-39H2,1-15H3,(H,72,85)(H,73,84)(H,87,88)(H,89,90)/b42-22+,43-29+,74-46+/t44?,47-,50+,52?,53+,55-,57+,58+,59+,60+,61-,63-,64+,70-/m1/s1. The number of ketones is 1. The number of nitrogens with zero attached hydrogens (tertiary/aromatic N) is 4. The molecule has 0 aliphatic carbocycles. The van der Waals surface area contributed by atoms with Crippen LogP contribution in [0.1, 0.15) is 154 Å². The van der Waals surface area contributed by atoms with E-state index < -0.39 is 127 Å². The van der Waals surface area contributed by atoms with E-state index in [0.717, 1.165) is 35.3 Å². The van der Waals surface area contributed by atoms with Crippen LogP contribution in [0.2, 0.25) is 0 Å². The molecule has 2 unspecified atom stereocenters. The number of hydrogen-bond acceptors (Lipinski definition) is 19. The molecule has 2 aliphatic rings. The number of rotatable bonds is 39. The summed E-state index contributed by atoms with van der Waals surface area (Å²) >= 11 is 0. The summed E-state index contributed by atoms with van der Waals surface area (Å²) in [6.07, 6.45) is -4.08. The van der Waals surface area contributed by atoms with Gasteiger partial charge in [-0.1, -0.05) is 114 Å². The molecule has 5 amide bonds. The minimum absolute atomic E-state index is 0.00483. The fourth-order valence-corrected chi connectivity index (χ4v) is 12.6. The maximum absolute atomic E-state index is 15.0. The van der Waals surface area contributed by atoms with Crippen molar-refractivity contribution in [3.05, 3.63) is 88.0 Å². The highest BCUT2D eigenvalue weighted by Crippen LogP contribution is 2.34. The van der Waals surface area contributed by atoms with Gasteiger partial charge in [-0.2, -0.15) is 0 Å². The number of aliphatic hydroxyl groups excluding tert-OH is 4. The molecule has 97 heavy (non-hydrogen) atoms. The highest BCUT2D eigenvalue weighted by molar-refractivity contribution is 5.98. The lowest BCUT2D eigenvalue weighted by Gasteiger charge is -2.41. The number of carbonyl (C=O) groups excluding carboxylic acids is 6. The Hall–Kier alpha value is -7.33. The van der Waals surface area contributed by atoms with Crippen molar-refractivity contribution in [1.29, 1.82) is 0 Å². The van der Waals surface area contributed by atoms with Gasteiger partial charge in [-0.3, -0.25) is 24.0 Å². The number of likely N-dealkylation sites (tertiary alicyclic amines) is 1. The Kier molecular flexibility index (Phi) is 33.8. The second-order valence-electron chi connectivity index (χ2n) is 26.4. The van der Waals surface area contributed by atoms with Crippen molar-refractivity contribution >= 4 is 53.2 Å². The number of carboxylic acid groups (broad SMARTS) is 2. The molecule has 8 N–H and O–H groups in total. The molecule has 2 saturated heterocycles. The number of methoxy groups -OCH3 is 2. The SMILES string of the molecule is CCC(C)[C@@H]([C@@H](CC(=O)N1CCC[C@H]1[C@H](OC)[C@@H](C)C(=O)NC(Cc1ccccc1)C(=O)O)OC)N(C)C(=O)[C@@H](CC(=O)[C@H](C(C)C)N(C)C(=O)OCc1cc(C)c(O[C@@H]2O[C@H](C(=O)O)[C@@H](O)[C@H](O)[C@H]2O)c(C(=O)NCCO/N=C(\C)CC/C(C)=C/CC/C(C)=C/CO)c1)C(C)C. The highest BCUT2D eigenvalue weighted by atomic mass is 16.7. The van der Waals surface area contributed by atoms with Crippen molar-refractivity contribution in [2.24, 2.45) is 34.7 Å². The largest absolute Gasteiger partial charge is 0.480 e. The van der Waals surface area contributed by atoms with Gasteiger partial charge in [-0.25, -0.2) is 14.4 Å². The van der Waals surface area contributed by atoms with Gasteiger partial charge in [0.05, 0.1) is 67.1 Å². The summed E-state index contributed by atoms with van der Waals surface area (Å²) in [4.78, 5) is 120. The second-order valence-corrected chi connectivity index (χ2v) is 26.4. The van der Waals surface area contributed by atoms with Gasteiger partial charge in [-0.05, 0) is 113 Å². The summed E-state index contributed by atoms with van der Waals surface area (Å²) in [7, 11) is 5.96. The number of benzene rings is 2. The highest BCUT2D eigenvalue weighted by Gasteiger charge is 2.49. The van der Waals surface area contributed by atoms with Crippen LogP contribution in [0.15, 0.2) is 70.9 Å². The molecule has 2 aliphatic heterocycles. The number of carboxylic acids is 2. The number of allylic oxidation sites excluding steroid dienone is 3. The smallest absolute Gasteiger partial charge is 0.410 e. The normalized spacial score (nSPS) is 21.0. The summed E-state index contributed by atoms with van der Waals surface area (Å²) in [5.41, 5.74) is 4.02. The Morgan fingerprint density at radius 3 is 2.09 bits per heavy atom. The molecule has 0 spiro atoms. The van der Waals surface area contributed by atoms with Crippen LogP contribution in [0.25, 0.3) is 0 Å². The predicted molar refractivity (Wildman–Crippen MR) is 361 cm³/mol. The van der Waals surface area contributed by atoms with Gasteiger partial charge < -0.3 is 84.5 Å². The van der Waals surface area contributed by atoms with Crippen molar-refractivity contribution in [3.63, 3.8) is 0 Å². The molecule has 2 aromatic carbocycles. The Morgan fingerprint density at radius 2 is 1.49 bits per heavy atom. The van der Waals surface area contributed by atoms with E-state index in [0.29, 0.717) is 37.9 Å². The van der Waals surface area contributed by atoms with Crippen LogP contribution in [0.4, 0.5) is 4.79 Å². The van der Waals surface area contributed by atoms with Crippen LogP contribution in [-0.2, 0) is 65.6 Å². The van der Waals surface area contributed by atoms with Crippen LogP contribution in [-0.4, -0.2) is 220 Å². The predicted octanol–water partition coefficient (Wildman–Crippen LogP) is 6.39. The molecule has 542 valence electrons. The fraction of sp³-hybridized carbons (Fsp3) is 0.648. The summed E-state index contributed by atoms with van der Waals surface area (Å²) in [5, 5.41) is 70.2. The van der Waals surface area contributed by atoms with E-state index in [4.69, 9.17) is 33.6 Å². The molecule has 0 saturated carbocycles. The number of aryl methyl sites for hydroxylation is 1. The first kappa shape index (κ1) is 82.1. The van der Waals surface area contributed by atoms with E-state index >= 15 is 0 Å². The monoisotopic (exact) mass is 1360 g/mol. The number of nitrogens with one attached hydrogen (secondary N) is 2. The van der Waals surface area contributed by atoms with E-state index in [2.05, 4.69) is 21.9 Å². The number of ether oxygens (including phenoxy) is 5. The minimum atomic E-state index is -2.02. The van der Waals surface area contributed by atoms with Crippen LogP contribution in [0.3, 0.4) is 0 Å². The Labute approximate surface area is 571 Å². The molecular weight excluding hydrogens is 1260 g/mol. The molecule has 2 heterocycles. The zero-order valence-electron chi connectivity index (χ0n) is 59.2. The molecule has 14 atom stereocenters. The lowest BCUT2D eigenvalue weighted by Crippen LogP contribution is -2.61. The van der Waals surface area contributed by atoms with Gasteiger partial charge in [0.2, 0.25) is 24.0 Å². The van der Waals surface area contributed by atoms with Crippen LogP contribution < -0.4 is 15.4 Å². The van der Waals surface area contributed by atoms with Crippen molar-refractivity contribution in [2.45, 2.75) is 214 Å². The maximum Gasteiger partial charge on any atom is 0.410 e. The number of hydrogen-bond donors (Lipinski definition) is 8. The molecule has 4 rings (SSSR count). The zero-order valence-corrected chi connectivity index (χ0v) is 59.2. The Morgan fingerprint density at radius 1 is 0.825 bits per heavy atom. The van der Waals surface area contributed by atoms with Crippen molar-refractivity contribution < 1.29 is 97.5 Å².